The zero-order chi connectivity index (χ0) is 9.84. The molecule has 2 N–H and O–H groups in total. The van der Waals surface area contributed by atoms with Gasteiger partial charge in [0, 0.05) is 6.20 Å². The van der Waals surface area contributed by atoms with Gasteiger partial charge in [0.1, 0.15) is 10.7 Å². The molecule has 1 aromatic rings. The molecule has 0 aromatic carbocycles. The van der Waals surface area contributed by atoms with Gasteiger partial charge >= 0.3 is 0 Å². The predicted molar refractivity (Wildman–Crippen MR) is 52.0 cm³/mol. The van der Waals surface area contributed by atoms with E-state index in [1.807, 2.05) is 0 Å². The first kappa shape index (κ1) is 9.85. The molecule has 68 valence electrons. The maximum absolute atomic E-state index is 13.0. The number of thioether (sulfide) groups is 1. The highest BCUT2D eigenvalue weighted by Crippen LogP contribution is 2.13. The Labute approximate surface area is 79.4 Å². The number of aromatic nitrogens is 1. The summed E-state index contributed by atoms with van der Waals surface area (Å²) in [4.78, 5) is 3.71. The summed E-state index contributed by atoms with van der Waals surface area (Å²) in [6.07, 6.45) is 1.42. The van der Waals surface area contributed by atoms with Gasteiger partial charge in [-0.2, -0.15) is 0 Å². The first-order valence-electron chi connectivity index (χ1n) is 3.53. The SMILES string of the molecule is CC(=N)SC(=N)c1ncccc1F. The summed E-state index contributed by atoms with van der Waals surface area (Å²) in [5.41, 5.74) is -0.000833. The van der Waals surface area contributed by atoms with Crippen LogP contribution in [-0.2, 0) is 0 Å². The van der Waals surface area contributed by atoms with E-state index in [0.29, 0.717) is 0 Å². The van der Waals surface area contributed by atoms with Crippen molar-refractivity contribution >= 4 is 21.8 Å². The molecule has 0 aliphatic carbocycles. The van der Waals surface area contributed by atoms with Crippen LogP contribution in [0.15, 0.2) is 18.3 Å². The lowest BCUT2D eigenvalue weighted by Crippen LogP contribution is -2.02. The van der Waals surface area contributed by atoms with E-state index in [0.717, 1.165) is 11.8 Å². The van der Waals surface area contributed by atoms with Crippen molar-refractivity contribution in [2.24, 2.45) is 0 Å². The molecule has 0 spiro atoms. The molecule has 1 heterocycles. The molecule has 1 aromatic heterocycles. The zero-order valence-electron chi connectivity index (χ0n) is 6.97. The van der Waals surface area contributed by atoms with Crippen LogP contribution in [0.1, 0.15) is 12.6 Å². The molecule has 0 atom stereocenters. The molecular weight excluding hydrogens is 189 g/mol. The fraction of sp³-hybridized carbons (Fsp3) is 0.125. The van der Waals surface area contributed by atoms with Gasteiger partial charge in [-0.1, -0.05) is 11.8 Å². The minimum atomic E-state index is -0.527. The molecule has 0 aliphatic heterocycles. The van der Waals surface area contributed by atoms with Crippen LogP contribution in [0.5, 0.6) is 0 Å². The Balaban J connectivity index is 2.89. The van der Waals surface area contributed by atoms with E-state index < -0.39 is 5.82 Å². The Kier molecular flexibility index (Phi) is 3.13. The third-order valence-electron chi connectivity index (χ3n) is 1.23. The van der Waals surface area contributed by atoms with Crippen molar-refractivity contribution in [2.75, 3.05) is 0 Å². The average Bonchev–Trinajstić information content (AvgIpc) is 2.03. The van der Waals surface area contributed by atoms with Crippen LogP contribution in [0.2, 0.25) is 0 Å². The van der Waals surface area contributed by atoms with Gasteiger partial charge in [-0.05, 0) is 19.1 Å². The van der Waals surface area contributed by atoms with Crippen molar-refractivity contribution in [2.45, 2.75) is 6.92 Å². The van der Waals surface area contributed by atoms with E-state index in [4.69, 9.17) is 10.8 Å². The first-order valence-corrected chi connectivity index (χ1v) is 4.35. The number of pyridine rings is 1. The van der Waals surface area contributed by atoms with Gasteiger partial charge in [0.05, 0.1) is 5.04 Å². The van der Waals surface area contributed by atoms with Gasteiger partial charge in [-0.3, -0.25) is 15.8 Å². The minimum Gasteiger partial charge on any atom is -0.298 e. The maximum Gasteiger partial charge on any atom is 0.151 e. The van der Waals surface area contributed by atoms with Crippen LogP contribution < -0.4 is 0 Å². The van der Waals surface area contributed by atoms with E-state index in [9.17, 15) is 4.39 Å². The molecule has 0 aliphatic rings. The minimum absolute atomic E-state index is 0.000833. The van der Waals surface area contributed by atoms with E-state index in [1.54, 1.807) is 6.92 Å². The smallest absolute Gasteiger partial charge is 0.151 e. The molecule has 0 radical (unpaired) electrons. The highest BCUT2D eigenvalue weighted by Gasteiger charge is 2.09. The molecule has 0 bridgehead atoms. The lowest BCUT2D eigenvalue weighted by Gasteiger charge is -2.01. The van der Waals surface area contributed by atoms with Crippen molar-refractivity contribution in [1.82, 2.24) is 4.98 Å². The predicted octanol–water partition coefficient (Wildman–Crippen LogP) is 2.28. The summed E-state index contributed by atoms with van der Waals surface area (Å²) in [7, 11) is 0. The molecule has 0 saturated carbocycles. The van der Waals surface area contributed by atoms with Gasteiger partial charge in [-0.15, -0.1) is 0 Å². The Morgan fingerprint density at radius 1 is 1.54 bits per heavy atom. The molecule has 0 amide bonds. The molecular formula is C8H8FN3S. The number of hydrogen-bond donors (Lipinski definition) is 2. The Morgan fingerprint density at radius 2 is 2.23 bits per heavy atom. The summed E-state index contributed by atoms with van der Waals surface area (Å²) in [5.74, 6) is -0.527. The van der Waals surface area contributed by atoms with E-state index in [-0.39, 0.29) is 15.8 Å². The largest absolute Gasteiger partial charge is 0.298 e. The van der Waals surface area contributed by atoms with Crippen LogP contribution in [0.4, 0.5) is 4.39 Å². The highest BCUT2D eigenvalue weighted by molar-refractivity contribution is 8.26. The average molecular weight is 197 g/mol. The maximum atomic E-state index is 13.0. The topological polar surface area (TPSA) is 60.6 Å². The fourth-order valence-corrected chi connectivity index (χ4v) is 1.31. The van der Waals surface area contributed by atoms with Crippen molar-refractivity contribution in [3.8, 4) is 0 Å². The zero-order valence-corrected chi connectivity index (χ0v) is 7.78. The van der Waals surface area contributed by atoms with E-state index in [1.165, 1.54) is 18.3 Å². The molecule has 3 nitrogen and oxygen atoms in total. The Bertz CT molecular complexity index is 351. The van der Waals surface area contributed by atoms with Gasteiger partial charge in [0.25, 0.3) is 0 Å². The number of nitrogens with one attached hydrogen (secondary N) is 2. The van der Waals surface area contributed by atoms with Gasteiger partial charge in [0.15, 0.2) is 5.82 Å². The Hall–Kier alpha value is -1.23. The summed E-state index contributed by atoms with van der Waals surface area (Å²) in [6, 6.07) is 2.71. The summed E-state index contributed by atoms with van der Waals surface area (Å²) in [6.45, 7) is 1.54. The second kappa shape index (κ2) is 4.13. The summed E-state index contributed by atoms with van der Waals surface area (Å²) in [5, 5.41) is 14.7. The third kappa shape index (κ3) is 2.62. The van der Waals surface area contributed by atoms with Crippen molar-refractivity contribution < 1.29 is 4.39 Å². The number of nitrogens with zero attached hydrogens (tertiary/aromatic N) is 1. The monoisotopic (exact) mass is 197 g/mol. The second-order valence-electron chi connectivity index (χ2n) is 2.32. The van der Waals surface area contributed by atoms with Crippen LogP contribution in [0.25, 0.3) is 0 Å². The number of halogens is 1. The third-order valence-corrected chi connectivity index (χ3v) is 1.93. The highest BCUT2D eigenvalue weighted by atomic mass is 32.2. The van der Waals surface area contributed by atoms with Crippen molar-refractivity contribution in [1.29, 1.82) is 10.8 Å². The van der Waals surface area contributed by atoms with Crippen LogP contribution in [0.3, 0.4) is 0 Å². The summed E-state index contributed by atoms with van der Waals surface area (Å²) < 4.78 is 13.0. The molecule has 13 heavy (non-hydrogen) atoms. The quantitative estimate of drug-likeness (QED) is 0.536. The second-order valence-corrected chi connectivity index (χ2v) is 3.55. The molecule has 0 saturated heterocycles. The fourth-order valence-electron chi connectivity index (χ4n) is 0.754. The molecule has 1 rings (SSSR count). The molecule has 0 fully saturated rings. The number of hydrogen-bond acceptors (Lipinski definition) is 4. The van der Waals surface area contributed by atoms with Crippen LogP contribution in [-0.4, -0.2) is 15.1 Å². The van der Waals surface area contributed by atoms with Gasteiger partial charge in [0.2, 0.25) is 0 Å². The summed E-state index contributed by atoms with van der Waals surface area (Å²) >= 11 is 0.886. The van der Waals surface area contributed by atoms with Crippen molar-refractivity contribution in [3.63, 3.8) is 0 Å². The Morgan fingerprint density at radius 3 is 2.77 bits per heavy atom. The van der Waals surface area contributed by atoms with Crippen LogP contribution >= 0.6 is 11.8 Å². The standard InChI is InChI=1S/C8H8FN3S/c1-5(10)13-8(11)7-6(9)3-2-4-12-7/h2-4,10-11H,1H3. The number of rotatable bonds is 1. The van der Waals surface area contributed by atoms with Gasteiger partial charge < -0.3 is 0 Å². The normalized spacial score (nSPS) is 9.69. The van der Waals surface area contributed by atoms with Gasteiger partial charge in [-0.25, -0.2) is 4.39 Å². The van der Waals surface area contributed by atoms with Crippen molar-refractivity contribution in [3.05, 3.63) is 29.8 Å². The lowest BCUT2D eigenvalue weighted by atomic mass is 10.3. The lowest BCUT2D eigenvalue weighted by molar-refractivity contribution is 0.618. The molecule has 0 unspecified atom stereocenters. The van der Waals surface area contributed by atoms with E-state index >= 15 is 0 Å². The van der Waals surface area contributed by atoms with E-state index in [2.05, 4.69) is 4.98 Å². The first-order chi connectivity index (χ1) is 6.11. The van der Waals surface area contributed by atoms with Crippen LogP contribution in [0, 0.1) is 16.6 Å². The molecule has 5 heteroatoms.